The molecular formula is C48H44N8O4S2. The third kappa shape index (κ3) is 9.02. The van der Waals surface area contributed by atoms with E-state index in [9.17, 15) is 18.0 Å². The molecule has 4 aromatic heterocycles. The number of benzene rings is 4. The van der Waals surface area contributed by atoms with Crippen molar-refractivity contribution in [3.63, 3.8) is 0 Å². The fraction of sp³-hybridized carbons (Fsp3) is 0.208. The Morgan fingerprint density at radius 3 is 1.53 bits per heavy atom. The van der Waals surface area contributed by atoms with E-state index >= 15 is 0 Å². The summed E-state index contributed by atoms with van der Waals surface area (Å²) >= 11 is 1.74. The molecule has 0 aliphatic heterocycles. The average Bonchev–Trinajstić information content (AvgIpc) is 4.22. The molecule has 0 unspecified atom stereocenters. The second-order valence-electron chi connectivity index (χ2n) is 15.5. The Labute approximate surface area is 363 Å². The molecule has 0 atom stereocenters. The molecule has 2 N–H and O–H groups in total. The lowest BCUT2D eigenvalue weighted by atomic mass is 10.1. The van der Waals surface area contributed by atoms with Crippen molar-refractivity contribution in [2.45, 2.75) is 61.2 Å². The largest absolute Gasteiger partial charge is 0.349 e. The van der Waals surface area contributed by atoms with Crippen LogP contribution in [0.25, 0.3) is 56.3 Å². The molecule has 12 nitrogen and oxygen atoms in total. The molecule has 2 aliphatic carbocycles. The van der Waals surface area contributed by atoms with E-state index in [4.69, 9.17) is 4.98 Å². The van der Waals surface area contributed by atoms with Crippen molar-refractivity contribution < 1.29 is 18.0 Å². The van der Waals surface area contributed by atoms with E-state index in [0.717, 1.165) is 88.4 Å². The zero-order valence-corrected chi connectivity index (χ0v) is 35.9. The van der Waals surface area contributed by atoms with Gasteiger partial charge in [-0.25, -0.2) is 28.4 Å². The number of fused-ring (bicyclic) bond motifs is 2. The molecule has 0 saturated heterocycles. The van der Waals surface area contributed by atoms with Crippen molar-refractivity contribution in [2.75, 3.05) is 12.0 Å². The molecular weight excluding hydrogens is 817 g/mol. The Kier molecular flexibility index (Phi) is 11.4. The molecule has 10 rings (SSSR count). The lowest BCUT2D eigenvalue weighted by molar-refractivity contribution is 0.0942. The number of nitrogens with zero attached hydrogens (tertiary/aromatic N) is 6. The molecule has 2 fully saturated rings. The number of carbonyl (C=O) groups is 2. The smallest absolute Gasteiger partial charge is 0.251 e. The van der Waals surface area contributed by atoms with Crippen LogP contribution in [0.4, 0.5) is 0 Å². The molecule has 4 aromatic carbocycles. The number of amides is 2. The quantitative estimate of drug-likeness (QED) is 0.115. The summed E-state index contributed by atoms with van der Waals surface area (Å²) in [7, 11) is -3.60. The van der Waals surface area contributed by atoms with Gasteiger partial charge in [0.2, 0.25) is 0 Å². The maximum absolute atomic E-state index is 12.4. The molecule has 0 spiro atoms. The SMILES string of the molecule is CCCSc1nc(-c2ccccc2)cn2c(-c3ccc(C(=O)NC4CC4)cc3)cnc12.CS(=O)(=O)c1nc(-c2ccccc2)cn2c(-c3ccc(C(=O)NC4CC4)cc3)cnc12. The van der Waals surface area contributed by atoms with Gasteiger partial charge in [-0.2, -0.15) is 0 Å². The minimum Gasteiger partial charge on any atom is -0.349 e. The van der Waals surface area contributed by atoms with Crippen molar-refractivity contribution in [2.24, 2.45) is 0 Å². The van der Waals surface area contributed by atoms with Crippen molar-refractivity contribution in [1.82, 2.24) is 39.4 Å². The van der Waals surface area contributed by atoms with Crippen molar-refractivity contribution >= 4 is 44.7 Å². The summed E-state index contributed by atoms with van der Waals surface area (Å²) in [6, 6.07) is 35.3. The van der Waals surface area contributed by atoms with Gasteiger partial charge in [-0.3, -0.25) is 18.4 Å². The van der Waals surface area contributed by atoms with Gasteiger partial charge in [-0.15, -0.1) is 11.8 Å². The molecule has 312 valence electrons. The monoisotopic (exact) mass is 860 g/mol. The van der Waals surface area contributed by atoms with Crippen LogP contribution in [0.15, 0.2) is 144 Å². The Hall–Kier alpha value is -6.64. The summed E-state index contributed by atoms with van der Waals surface area (Å²) in [4.78, 5) is 42.9. The number of thioether (sulfide) groups is 1. The standard InChI is InChI=1S/C25H24N4OS.C23H20N4O3S/c1-2-14-31-25-23-26-15-22(29(23)16-21(28-25)17-6-4-3-5-7-17)18-8-10-19(11-9-18)24(30)27-20-12-13-20;1-31(29,30)23-21-24-13-20(27(21)14-19(26-23)15-5-3-2-4-6-15)16-7-9-17(10-8-16)22(28)25-18-11-12-18/h3-11,15-16,20H,2,12-14H2,1H3,(H,27,30);2-10,13-14,18H,11-12H2,1H3,(H,25,28). The summed E-state index contributed by atoms with van der Waals surface area (Å²) in [5.74, 6) is 0.914. The van der Waals surface area contributed by atoms with Crippen LogP contribution >= 0.6 is 11.8 Å². The number of hydrogen-bond donors (Lipinski definition) is 2. The lowest BCUT2D eigenvalue weighted by Gasteiger charge is -2.10. The average molecular weight is 861 g/mol. The van der Waals surface area contributed by atoms with Crippen LogP contribution < -0.4 is 10.6 Å². The van der Waals surface area contributed by atoms with E-state index in [-0.39, 0.29) is 22.5 Å². The van der Waals surface area contributed by atoms with E-state index in [1.54, 1.807) is 40.7 Å². The van der Waals surface area contributed by atoms with Crippen LogP contribution in [0, 0.1) is 0 Å². The number of imidazole rings is 2. The highest BCUT2D eigenvalue weighted by Crippen LogP contribution is 2.32. The number of aromatic nitrogens is 6. The Bertz CT molecular complexity index is 3020. The summed E-state index contributed by atoms with van der Waals surface area (Å²) in [6.07, 6.45) is 13.8. The highest BCUT2D eigenvalue weighted by Gasteiger charge is 2.25. The van der Waals surface area contributed by atoms with E-state index < -0.39 is 9.84 Å². The molecule has 4 heterocycles. The van der Waals surface area contributed by atoms with Crippen LogP contribution in [0.3, 0.4) is 0 Å². The molecule has 2 amide bonds. The number of nitrogens with one attached hydrogen (secondary N) is 2. The normalized spacial score (nSPS) is 13.7. The Morgan fingerprint density at radius 2 is 1.08 bits per heavy atom. The van der Waals surface area contributed by atoms with Gasteiger partial charge >= 0.3 is 0 Å². The molecule has 2 aliphatic rings. The van der Waals surface area contributed by atoms with Crippen LogP contribution in [0.2, 0.25) is 0 Å². The third-order valence-electron chi connectivity index (χ3n) is 10.6. The van der Waals surface area contributed by atoms with Gasteiger partial charge in [0.15, 0.2) is 26.2 Å². The number of hydrogen-bond acceptors (Lipinski definition) is 9. The van der Waals surface area contributed by atoms with Gasteiger partial charge in [0, 0.05) is 64.1 Å². The van der Waals surface area contributed by atoms with E-state index in [0.29, 0.717) is 34.6 Å². The minimum atomic E-state index is -3.60. The van der Waals surface area contributed by atoms with Crippen LogP contribution in [-0.2, 0) is 9.84 Å². The summed E-state index contributed by atoms with van der Waals surface area (Å²) in [6.45, 7) is 2.17. The van der Waals surface area contributed by atoms with Gasteiger partial charge < -0.3 is 10.6 Å². The lowest BCUT2D eigenvalue weighted by Crippen LogP contribution is -2.25. The predicted octanol–water partition coefficient (Wildman–Crippen LogP) is 8.82. The molecule has 14 heteroatoms. The van der Waals surface area contributed by atoms with E-state index in [2.05, 4.69) is 55.2 Å². The summed E-state index contributed by atoms with van der Waals surface area (Å²) < 4.78 is 28.7. The van der Waals surface area contributed by atoms with Crippen LogP contribution in [0.5, 0.6) is 0 Å². The first-order chi connectivity index (χ1) is 30.1. The summed E-state index contributed by atoms with van der Waals surface area (Å²) in [5.41, 5.74) is 9.30. The van der Waals surface area contributed by atoms with Gasteiger partial charge in [0.1, 0.15) is 5.03 Å². The zero-order valence-electron chi connectivity index (χ0n) is 34.2. The maximum Gasteiger partial charge on any atom is 0.251 e. The van der Waals surface area contributed by atoms with Gasteiger partial charge in [-0.1, -0.05) is 91.9 Å². The predicted molar refractivity (Wildman–Crippen MR) is 243 cm³/mol. The van der Waals surface area contributed by atoms with E-state index in [1.165, 1.54) is 0 Å². The minimum absolute atomic E-state index is 0.000933. The molecule has 0 radical (unpaired) electrons. The molecule has 62 heavy (non-hydrogen) atoms. The molecule has 0 bridgehead atoms. The molecule has 2 saturated carbocycles. The number of carbonyl (C=O) groups excluding carboxylic acids is 2. The number of rotatable bonds is 12. The summed E-state index contributed by atoms with van der Waals surface area (Å²) in [5, 5.41) is 6.88. The van der Waals surface area contributed by atoms with Gasteiger partial charge in [0.25, 0.3) is 11.8 Å². The Morgan fingerprint density at radius 1 is 0.629 bits per heavy atom. The second kappa shape index (κ2) is 17.4. The number of sulfone groups is 1. The molecule has 8 aromatic rings. The first-order valence-corrected chi connectivity index (χ1v) is 23.5. The van der Waals surface area contributed by atoms with Gasteiger partial charge in [-0.05, 0) is 62.1 Å². The van der Waals surface area contributed by atoms with Crippen molar-refractivity contribution in [3.8, 4) is 45.0 Å². The third-order valence-corrected chi connectivity index (χ3v) is 12.7. The topological polar surface area (TPSA) is 153 Å². The fourth-order valence-corrected chi connectivity index (χ4v) is 8.55. The zero-order chi connectivity index (χ0) is 42.8. The Balaban J connectivity index is 0.000000158. The second-order valence-corrected chi connectivity index (χ2v) is 18.6. The van der Waals surface area contributed by atoms with E-state index in [1.807, 2.05) is 91.1 Å². The first-order valence-electron chi connectivity index (χ1n) is 20.7. The van der Waals surface area contributed by atoms with Crippen molar-refractivity contribution in [1.29, 1.82) is 0 Å². The maximum atomic E-state index is 12.4. The van der Waals surface area contributed by atoms with Crippen molar-refractivity contribution in [3.05, 3.63) is 145 Å². The van der Waals surface area contributed by atoms with Crippen LogP contribution in [-0.4, -0.2) is 73.1 Å². The van der Waals surface area contributed by atoms with Gasteiger partial charge in [0.05, 0.1) is 35.2 Å². The first kappa shape index (κ1) is 40.7. The highest BCUT2D eigenvalue weighted by atomic mass is 32.2. The van der Waals surface area contributed by atoms with Crippen LogP contribution in [0.1, 0.15) is 59.7 Å². The fourth-order valence-electron chi connectivity index (χ4n) is 6.97. The highest BCUT2D eigenvalue weighted by molar-refractivity contribution is 7.99.